The van der Waals surface area contributed by atoms with Gasteiger partial charge in [0.25, 0.3) is 0 Å². The molecule has 22 heavy (non-hydrogen) atoms. The Bertz CT molecular complexity index is 689. The summed E-state index contributed by atoms with van der Waals surface area (Å²) >= 11 is 0. The zero-order valence-electron chi connectivity index (χ0n) is 13.2. The lowest BCUT2D eigenvalue weighted by Gasteiger charge is -2.10. The van der Waals surface area contributed by atoms with Crippen molar-refractivity contribution in [2.45, 2.75) is 27.0 Å². The molecule has 0 aliphatic rings. The molecule has 0 spiro atoms. The Morgan fingerprint density at radius 1 is 0.955 bits per heavy atom. The van der Waals surface area contributed by atoms with Crippen LogP contribution in [-0.4, -0.2) is 16.3 Å². The summed E-state index contributed by atoms with van der Waals surface area (Å²) in [5.74, 6) is 0.852. The van der Waals surface area contributed by atoms with Crippen molar-refractivity contribution in [2.24, 2.45) is 0 Å². The molecule has 0 saturated carbocycles. The fourth-order valence-electron chi connectivity index (χ4n) is 2.37. The number of aliphatic hydroxyl groups excluding tert-OH is 1. The van der Waals surface area contributed by atoms with Crippen LogP contribution in [0, 0.1) is 0 Å². The average molecular weight is 297 g/mol. The van der Waals surface area contributed by atoms with E-state index in [4.69, 9.17) is 9.84 Å². The Kier molecular flexibility index (Phi) is 6.04. The summed E-state index contributed by atoms with van der Waals surface area (Å²) in [5.41, 5.74) is 2.18. The van der Waals surface area contributed by atoms with Crippen molar-refractivity contribution in [3.8, 4) is 5.75 Å². The van der Waals surface area contributed by atoms with Crippen molar-refractivity contribution in [1.82, 2.24) is 4.57 Å². The second-order valence-corrected chi connectivity index (χ2v) is 4.70. The molecule has 3 heteroatoms. The standard InChI is InChI=1S/C17H17NO2.C2H6/c19-12-11-18-10-9-15-7-4-8-16(17(15)18)20-13-14-5-2-1-3-6-14;1-2/h1-10,19H,11-13H2;1-2H3. The van der Waals surface area contributed by atoms with Crippen LogP contribution >= 0.6 is 0 Å². The van der Waals surface area contributed by atoms with Gasteiger partial charge in [-0.1, -0.05) is 56.3 Å². The van der Waals surface area contributed by atoms with Crippen molar-refractivity contribution in [2.75, 3.05) is 6.61 Å². The van der Waals surface area contributed by atoms with E-state index in [2.05, 4.69) is 6.07 Å². The highest BCUT2D eigenvalue weighted by Gasteiger charge is 2.07. The quantitative estimate of drug-likeness (QED) is 0.764. The van der Waals surface area contributed by atoms with Gasteiger partial charge in [-0.15, -0.1) is 0 Å². The van der Waals surface area contributed by atoms with Crippen LogP contribution in [-0.2, 0) is 13.2 Å². The van der Waals surface area contributed by atoms with E-state index < -0.39 is 0 Å². The molecule has 0 atom stereocenters. The maximum absolute atomic E-state index is 9.13. The first-order valence-corrected chi connectivity index (χ1v) is 7.74. The van der Waals surface area contributed by atoms with Gasteiger partial charge in [-0.2, -0.15) is 0 Å². The van der Waals surface area contributed by atoms with Crippen LogP contribution in [0.1, 0.15) is 19.4 Å². The van der Waals surface area contributed by atoms with E-state index in [-0.39, 0.29) is 6.61 Å². The number of aliphatic hydroxyl groups is 1. The SMILES string of the molecule is CC.OCCn1ccc2cccc(OCc3ccccc3)c21. The van der Waals surface area contributed by atoms with Crippen LogP contribution < -0.4 is 4.74 Å². The van der Waals surface area contributed by atoms with Gasteiger partial charge in [0.2, 0.25) is 0 Å². The molecular weight excluding hydrogens is 274 g/mol. The van der Waals surface area contributed by atoms with Gasteiger partial charge < -0.3 is 14.4 Å². The topological polar surface area (TPSA) is 34.4 Å². The zero-order chi connectivity index (χ0) is 15.8. The minimum Gasteiger partial charge on any atom is -0.487 e. The number of hydrogen-bond acceptors (Lipinski definition) is 2. The molecule has 0 aliphatic carbocycles. The molecule has 0 fully saturated rings. The summed E-state index contributed by atoms with van der Waals surface area (Å²) in [6.07, 6.45) is 1.98. The van der Waals surface area contributed by atoms with Gasteiger partial charge in [-0.05, 0) is 17.7 Å². The molecule has 1 heterocycles. The lowest BCUT2D eigenvalue weighted by Crippen LogP contribution is -2.02. The maximum Gasteiger partial charge on any atom is 0.144 e. The minimum atomic E-state index is 0.122. The molecule has 0 radical (unpaired) electrons. The van der Waals surface area contributed by atoms with Gasteiger partial charge in [-0.3, -0.25) is 0 Å². The second-order valence-electron chi connectivity index (χ2n) is 4.70. The van der Waals surface area contributed by atoms with Crippen molar-refractivity contribution in [3.05, 3.63) is 66.4 Å². The van der Waals surface area contributed by atoms with Crippen molar-refractivity contribution in [3.63, 3.8) is 0 Å². The van der Waals surface area contributed by atoms with E-state index in [1.807, 2.05) is 73.1 Å². The molecule has 116 valence electrons. The van der Waals surface area contributed by atoms with Crippen LogP contribution in [0.5, 0.6) is 5.75 Å². The van der Waals surface area contributed by atoms with E-state index in [1.165, 1.54) is 0 Å². The third-order valence-electron chi connectivity index (χ3n) is 3.33. The summed E-state index contributed by atoms with van der Waals surface area (Å²) in [5, 5.41) is 10.3. The molecule has 0 bridgehead atoms. The first-order chi connectivity index (χ1) is 10.9. The van der Waals surface area contributed by atoms with Gasteiger partial charge in [0, 0.05) is 18.1 Å². The number of ether oxygens (including phenoxy) is 1. The van der Waals surface area contributed by atoms with Crippen molar-refractivity contribution < 1.29 is 9.84 Å². The van der Waals surface area contributed by atoms with Crippen LogP contribution in [0.2, 0.25) is 0 Å². The van der Waals surface area contributed by atoms with E-state index >= 15 is 0 Å². The Labute approximate surface area is 131 Å². The van der Waals surface area contributed by atoms with Crippen molar-refractivity contribution in [1.29, 1.82) is 0 Å². The van der Waals surface area contributed by atoms with Gasteiger partial charge in [0.05, 0.1) is 12.1 Å². The smallest absolute Gasteiger partial charge is 0.144 e. The summed E-state index contributed by atoms with van der Waals surface area (Å²) in [6, 6.07) is 18.2. The predicted octanol–water partition coefficient (Wildman–Crippen LogP) is 4.24. The third-order valence-corrected chi connectivity index (χ3v) is 3.33. The highest BCUT2D eigenvalue weighted by molar-refractivity contribution is 5.86. The number of aromatic nitrogens is 1. The summed E-state index contributed by atoms with van der Waals surface area (Å²) in [6.45, 7) is 5.25. The Morgan fingerprint density at radius 3 is 2.45 bits per heavy atom. The molecule has 0 aliphatic heterocycles. The average Bonchev–Trinajstić information content (AvgIpc) is 3.00. The number of hydrogen-bond donors (Lipinski definition) is 1. The number of rotatable bonds is 5. The molecule has 2 aromatic carbocycles. The largest absolute Gasteiger partial charge is 0.487 e. The van der Waals surface area contributed by atoms with Gasteiger partial charge in [0.15, 0.2) is 0 Å². The fourth-order valence-corrected chi connectivity index (χ4v) is 2.37. The highest BCUT2D eigenvalue weighted by Crippen LogP contribution is 2.27. The molecule has 0 saturated heterocycles. The monoisotopic (exact) mass is 297 g/mol. The van der Waals surface area contributed by atoms with Crippen LogP contribution in [0.3, 0.4) is 0 Å². The van der Waals surface area contributed by atoms with E-state index in [9.17, 15) is 0 Å². The minimum absolute atomic E-state index is 0.122. The van der Waals surface area contributed by atoms with E-state index in [0.717, 1.165) is 22.2 Å². The number of fused-ring (bicyclic) bond motifs is 1. The van der Waals surface area contributed by atoms with E-state index in [1.54, 1.807) is 0 Å². The lowest BCUT2D eigenvalue weighted by atomic mass is 10.2. The molecule has 1 aromatic heterocycles. The summed E-state index contributed by atoms with van der Waals surface area (Å²) in [4.78, 5) is 0. The number of para-hydroxylation sites is 1. The Morgan fingerprint density at radius 2 is 1.73 bits per heavy atom. The van der Waals surface area contributed by atoms with E-state index in [0.29, 0.717) is 13.2 Å². The molecule has 3 aromatic rings. The Hall–Kier alpha value is -2.26. The van der Waals surface area contributed by atoms with Crippen LogP contribution in [0.4, 0.5) is 0 Å². The maximum atomic E-state index is 9.13. The molecule has 3 rings (SSSR count). The summed E-state index contributed by atoms with van der Waals surface area (Å²) in [7, 11) is 0. The molecule has 1 N–H and O–H groups in total. The normalized spacial score (nSPS) is 10.1. The predicted molar refractivity (Wildman–Crippen MR) is 91.1 cm³/mol. The van der Waals surface area contributed by atoms with Crippen molar-refractivity contribution >= 4 is 10.9 Å². The number of nitrogens with zero attached hydrogens (tertiary/aromatic N) is 1. The molecule has 3 nitrogen and oxygen atoms in total. The van der Waals surface area contributed by atoms with Gasteiger partial charge in [-0.25, -0.2) is 0 Å². The first kappa shape index (κ1) is 16.1. The lowest BCUT2D eigenvalue weighted by molar-refractivity contribution is 0.276. The molecule has 0 amide bonds. The zero-order valence-corrected chi connectivity index (χ0v) is 13.2. The molecular formula is C19H23NO2. The fraction of sp³-hybridized carbons (Fsp3) is 0.263. The highest BCUT2D eigenvalue weighted by atomic mass is 16.5. The van der Waals surface area contributed by atoms with Crippen LogP contribution in [0.15, 0.2) is 60.8 Å². The number of benzene rings is 2. The van der Waals surface area contributed by atoms with Crippen LogP contribution in [0.25, 0.3) is 10.9 Å². The Balaban J connectivity index is 0.000000847. The van der Waals surface area contributed by atoms with Gasteiger partial charge in [0.1, 0.15) is 12.4 Å². The van der Waals surface area contributed by atoms with Gasteiger partial charge >= 0.3 is 0 Å². The first-order valence-electron chi connectivity index (χ1n) is 7.74. The second kappa shape index (κ2) is 8.25. The summed E-state index contributed by atoms with van der Waals surface area (Å²) < 4.78 is 7.97. The molecule has 0 unspecified atom stereocenters. The third kappa shape index (κ3) is 3.68.